The summed E-state index contributed by atoms with van der Waals surface area (Å²) in [5.41, 5.74) is 0. The van der Waals surface area contributed by atoms with Crippen LogP contribution in [-0.4, -0.2) is 8.32 Å². The van der Waals surface area contributed by atoms with E-state index in [1.54, 1.807) is 0 Å². The topological polar surface area (TPSA) is 74.6 Å². The van der Waals surface area contributed by atoms with Gasteiger partial charge in [-0.3, -0.25) is 0 Å². The van der Waals surface area contributed by atoms with E-state index in [2.05, 4.69) is 0 Å². The van der Waals surface area contributed by atoms with Gasteiger partial charge in [0.2, 0.25) is 0 Å². The first-order valence-electron chi connectivity index (χ1n) is 0.698. The van der Waals surface area contributed by atoms with Gasteiger partial charge in [-0.15, -0.1) is 0 Å². The van der Waals surface area contributed by atoms with Gasteiger partial charge >= 0.3 is 49.0 Å². The minimum atomic E-state index is -5.25. The first-order chi connectivity index (χ1) is 2.00. The van der Waals surface area contributed by atoms with E-state index in [1.165, 1.54) is 0 Å². The third-order valence-electron chi connectivity index (χ3n) is 0. The number of rotatable bonds is 0. The molecular weight excluding hydrogens is 252 g/mol. The summed E-state index contributed by atoms with van der Waals surface area (Å²) in [4.78, 5) is 0. The van der Waals surface area contributed by atoms with Gasteiger partial charge < -0.3 is 24.8 Å². The monoisotopic (exact) mass is 252 g/mol. The van der Waals surface area contributed by atoms with Gasteiger partial charge in [0, 0.05) is 0 Å². The molecule has 0 radical (unpaired) electrons. The minimum absolute atomic E-state index is 0. The number of halogens is 2. The zero-order valence-electron chi connectivity index (χ0n) is 3.58. The van der Waals surface area contributed by atoms with Crippen LogP contribution in [0.2, 0.25) is 0 Å². The molecule has 4 nitrogen and oxygen atoms in total. The molecule has 0 atom stereocenters. The second kappa shape index (κ2) is 8.26. The summed E-state index contributed by atoms with van der Waals surface area (Å²) in [6.07, 6.45) is 0. The van der Waals surface area contributed by atoms with Gasteiger partial charge in [-0.05, 0) is 0 Å². The van der Waals surface area contributed by atoms with Crippen LogP contribution in [0.4, 0.5) is 0 Å². The molecule has 0 unspecified atom stereocenters. The smallest absolute Gasteiger partial charge is 2.00 e. The second-order valence-corrected chi connectivity index (χ2v) is 1.85. The van der Waals surface area contributed by atoms with Gasteiger partial charge in [0.1, 0.15) is 0 Å². The molecule has 2 N–H and O–H groups in total. The standard InChI is InChI=1S/2ClH.Cr.2H2O.2O.Zn/h2*1H;;2*1H2;;;/q;;+2;;;;;+2/p-4. The maximum absolute atomic E-state index is 8.82. The Bertz CT molecular complexity index is 97.2. The Morgan fingerprint density at radius 3 is 1.00 bits per heavy atom. The normalized spacial score (nSPS) is 7.25. The molecule has 0 aliphatic carbocycles. The van der Waals surface area contributed by atoms with Crippen LogP contribution in [0.15, 0.2) is 0 Å². The van der Waals surface area contributed by atoms with Crippen molar-refractivity contribution in [2.24, 2.45) is 0 Å². The van der Waals surface area contributed by atoms with E-state index < -0.39 is 13.6 Å². The Kier molecular flexibility index (Phi) is 23.6. The molecule has 48 valence electrons. The summed E-state index contributed by atoms with van der Waals surface area (Å²) in [6.45, 7) is 0. The second-order valence-electron chi connectivity index (χ2n) is 0.448. The van der Waals surface area contributed by atoms with Crippen LogP contribution >= 0.6 is 0 Å². The van der Waals surface area contributed by atoms with Crippen LogP contribution in [-0.2, 0) is 40.7 Å². The predicted octanol–water partition coefficient (Wildman–Crippen LogP) is -7.35. The molecule has 0 rings (SSSR count). The molecule has 0 spiro atoms. The average Bonchev–Trinajstić information content (AvgIpc) is 0.722. The van der Waals surface area contributed by atoms with Gasteiger partial charge in [-0.1, -0.05) is 0 Å². The zero-order valence-corrected chi connectivity index (χ0v) is 9.34. The summed E-state index contributed by atoms with van der Waals surface area (Å²) in [7, 11) is 0. The van der Waals surface area contributed by atoms with Crippen molar-refractivity contribution >= 4 is 0 Å². The van der Waals surface area contributed by atoms with Crippen molar-refractivity contribution < 1.29 is 73.8 Å². The Morgan fingerprint density at radius 1 is 1.00 bits per heavy atom. The molecule has 0 bridgehead atoms. The molecule has 8 heavy (non-hydrogen) atoms. The molecule has 0 aliphatic rings. The summed E-state index contributed by atoms with van der Waals surface area (Å²) in [5, 5.41) is 0. The molecule has 0 amide bonds. The molecule has 0 saturated heterocycles. The molecule has 0 aromatic carbocycles. The van der Waals surface area contributed by atoms with Crippen molar-refractivity contribution in [1.82, 2.24) is 0 Å². The maximum Gasteiger partial charge on any atom is 2.00 e. The quantitative estimate of drug-likeness (QED) is 0.421. The number of hydrogen-bond donors (Lipinski definition) is 2. The van der Waals surface area contributed by atoms with E-state index in [0.29, 0.717) is 0 Å². The Balaban J connectivity index is -0.0000000267. The predicted molar refractivity (Wildman–Crippen MR) is 5.81 cm³/mol. The third kappa shape index (κ3) is 180. The van der Waals surface area contributed by atoms with E-state index in [-0.39, 0.29) is 44.3 Å². The fourth-order valence-corrected chi connectivity index (χ4v) is 0. The first-order valence-corrected chi connectivity index (χ1v) is 2.88. The van der Waals surface area contributed by atoms with E-state index in [0.717, 1.165) is 0 Å². The van der Waals surface area contributed by atoms with E-state index in [4.69, 9.17) is 15.9 Å². The summed E-state index contributed by atoms with van der Waals surface area (Å²) in [5.74, 6) is 0. The summed E-state index contributed by atoms with van der Waals surface area (Å²) < 4.78 is 31.9. The van der Waals surface area contributed by atoms with Crippen LogP contribution in [0.5, 0.6) is 0 Å². The third-order valence-corrected chi connectivity index (χ3v) is 0. The SMILES string of the molecule is [Cl-].[Cl-].[O]=[Cr](=[O])([OH])[OH].[Zn+2]. The van der Waals surface area contributed by atoms with Gasteiger partial charge in [0.05, 0.1) is 0 Å². The van der Waals surface area contributed by atoms with Crippen molar-refractivity contribution in [3.8, 4) is 0 Å². The largest absolute Gasteiger partial charge is 2.00 e. The van der Waals surface area contributed by atoms with E-state index in [1.807, 2.05) is 0 Å². The van der Waals surface area contributed by atoms with Crippen LogP contribution < -0.4 is 24.8 Å². The molecule has 0 saturated carbocycles. The summed E-state index contributed by atoms with van der Waals surface area (Å²) >= 11 is -5.25. The molecule has 0 heterocycles. The first kappa shape index (κ1) is 22.8. The van der Waals surface area contributed by atoms with Gasteiger partial charge in [0.25, 0.3) is 0 Å². The van der Waals surface area contributed by atoms with E-state index >= 15 is 0 Å². The fraction of sp³-hybridized carbons (Fsp3) is 0. The Hall–Kier alpha value is 1.26. The van der Waals surface area contributed by atoms with Crippen molar-refractivity contribution in [3.05, 3.63) is 0 Å². The van der Waals surface area contributed by atoms with Crippen LogP contribution in [0, 0.1) is 0 Å². The molecular formula is H2Cl2CrO4Zn. The van der Waals surface area contributed by atoms with Gasteiger partial charge in [-0.2, -0.15) is 0 Å². The molecule has 0 fully saturated rings. The number of hydrogen-bond acceptors (Lipinski definition) is 2. The van der Waals surface area contributed by atoms with Crippen molar-refractivity contribution in [2.45, 2.75) is 0 Å². The zero-order chi connectivity index (χ0) is 4.50. The minimum Gasteiger partial charge on any atom is 2.00 e. The maximum atomic E-state index is 8.82. The van der Waals surface area contributed by atoms with Crippen LogP contribution in [0.25, 0.3) is 0 Å². The Labute approximate surface area is 73.6 Å². The summed E-state index contributed by atoms with van der Waals surface area (Å²) in [6, 6.07) is 0. The van der Waals surface area contributed by atoms with E-state index in [9.17, 15) is 0 Å². The molecule has 0 aromatic heterocycles. The fourth-order valence-electron chi connectivity index (χ4n) is 0. The Morgan fingerprint density at radius 2 is 1.00 bits per heavy atom. The van der Waals surface area contributed by atoms with Gasteiger partial charge in [0.15, 0.2) is 0 Å². The molecule has 8 heteroatoms. The van der Waals surface area contributed by atoms with Crippen molar-refractivity contribution in [1.29, 1.82) is 0 Å². The molecule has 0 aliphatic heterocycles. The average molecular weight is 254 g/mol. The van der Waals surface area contributed by atoms with Crippen molar-refractivity contribution in [3.63, 3.8) is 0 Å². The van der Waals surface area contributed by atoms with Crippen LogP contribution in [0.1, 0.15) is 0 Å². The van der Waals surface area contributed by atoms with Crippen LogP contribution in [0.3, 0.4) is 0 Å². The van der Waals surface area contributed by atoms with Crippen molar-refractivity contribution in [2.75, 3.05) is 0 Å². The molecule has 0 aromatic rings. The van der Waals surface area contributed by atoms with Gasteiger partial charge in [-0.25, -0.2) is 0 Å².